The molecule has 2 rings (SSSR count). The van der Waals surface area contributed by atoms with Crippen LogP contribution in [-0.4, -0.2) is 35.4 Å². The molecular weight excluding hydrogens is 250 g/mol. The molecule has 0 bridgehead atoms. The lowest BCUT2D eigenvalue weighted by atomic mass is 10.0. The van der Waals surface area contributed by atoms with Crippen LogP contribution in [0.25, 0.3) is 10.8 Å². The van der Waals surface area contributed by atoms with Crippen molar-refractivity contribution in [2.75, 3.05) is 19.5 Å². The Bertz CT molecular complexity index is 583. The average Bonchev–Trinajstić information content (AvgIpc) is 2.39. The van der Waals surface area contributed by atoms with Crippen molar-refractivity contribution in [3.05, 3.63) is 42.0 Å². The fourth-order valence-electron chi connectivity index (χ4n) is 1.86. The van der Waals surface area contributed by atoms with Crippen LogP contribution in [0.4, 0.5) is 0 Å². The third kappa shape index (κ3) is 2.27. The van der Waals surface area contributed by atoms with E-state index in [1.165, 1.54) is 4.90 Å². The van der Waals surface area contributed by atoms with Crippen LogP contribution in [0.1, 0.15) is 10.4 Å². The third-order valence-corrected chi connectivity index (χ3v) is 3.07. The lowest BCUT2D eigenvalue weighted by Crippen LogP contribution is -2.28. The van der Waals surface area contributed by atoms with Crippen molar-refractivity contribution >= 4 is 28.3 Å². The van der Waals surface area contributed by atoms with E-state index in [4.69, 9.17) is 11.6 Å². The minimum atomic E-state index is -0.223. The first-order valence-corrected chi connectivity index (χ1v) is 6.20. The summed E-state index contributed by atoms with van der Waals surface area (Å²) in [5.74, 6) is 0.176. The Labute approximate surface area is 111 Å². The molecule has 0 fully saturated rings. The van der Waals surface area contributed by atoms with Crippen LogP contribution in [0.15, 0.2) is 36.4 Å². The first-order valence-electron chi connectivity index (χ1n) is 5.67. The number of aromatic hydroxyl groups is 1. The standard InChI is InChI=1S/C14H14ClNO2/c1-16(9-8-15)14(18)12-7-6-10-4-2-3-5-11(10)13(12)17/h2-7,17H,8-9H2,1H3. The maximum Gasteiger partial charge on any atom is 0.257 e. The van der Waals surface area contributed by atoms with Gasteiger partial charge >= 0.3 is 0 Å². The lowest BCUT2D eigenvalue weighted by Gasteiger charge is -2.16. The zero-order valence-corrected chi connectivity index (χ0v) is 10.8. The van der Waals surface area contributed by atoms with Crippen molar-refractivity contribution in [2.45, 2.75) is 0 Å². The van der Waals surface area contributed by atoms with E-state index in [-0.39, 0.29) is 11.7 Å². The van der Waals surface area contributed by atoms with Crippen LogP contribution in [0.3, 0.4) is 0 Å². The maximum atomic E-state index is 12.1. The summed E-state index contributed by atoms with van der Waals surface area (Å²) in [6, 6.07) is 10.9. The van der Waals surface area contributed by atoms with Crippen LogP contribution in [0.5, 0.6) is 5.75 Å². The molecule has 0 heterocycles. The predicted octanol–water partition coefficient (Wildman–Crippen LogP) is 2.86. The normalized spacial score (nSPS) is 10.6. The van der Waals surface area contributed by atoms with E-state index in [0.29, 0.717) is 23.4 Å². The van der Waals surface area contributed by atoms with E-state index < -0.39 is 0 Å². The predicted molar refractivity (Wildman–Crippen MR) is 73.3 cm³/mol. The van der Waals surface area contributed by atoms with Gasteiger partial charge in [0.15, 0.2) is 0 Å². The second kappa shape index (κ2) is 5.27. The number of phenolic OH excluding ortho intramolecular Hbond substituents is 1. The largest absolute Gasteiger partial charge is 0.506 e. The number of alkyl halides is 1. The molecule has 0 radical (unpaired) electrons. The fourth-order valence-corrected chi connectivity index (χ4v) is 2.12. The number of hydrogen-bond acceptors (Lipinski definition) is 2. The second-order valence-corrected chi connectivity index (χ2v) is 4.48. The molecule has 1 amide bonds. The van der Waals surface area contributed by atoms with Crippen molar-refractivity contribution in [1.82, 2.24) is 4.90 Å². The quantitative estimate of drug-likeness (QED) is 0.865. The van der Waals surface area contributed by atoms with Gasteiger partial charge in [-0.1, -0.05) is 30.3 Å². The van der Waals surface area contributed by atoms with Gasteiger partial charge < -0.3 is 10.0 Å². The smallest absolute Gasteiger partial charge is 0.257 e. The zero-order valence-electron chi connectivity index (χ0n) is 10.1. The molecule has 4 heteroatoms. The number of halogens is 1. The molecule has 2 aromatic carbocycles. The summed E-state index contributed by atoms with van der Waals surface area (Å²) in [5, 5.41) is 11.7. The molecule has 18 heavy (non-hydrogen) atoms. The summed E-state index contributed by atoms with van der Waals surface area (Å²) in [7, 11) is 1.67. The summed E-state index contributed by atoms with van der Waals surface area (Å²) in [6.45, 7) is 0.451. The van der Waals surface area contributed by atoms with Crippen molar-refractivity contribution in [1.29, 1.82) is 0 Å². The molecular formula is C14H14ClNO2. The second-order valence-electron chi connectivity index (χ2n) is 4.10. The molecule has 94 valence electrons. The van der Waals surface area contributed by atoms with E-state index in [1.807, 2.05) is 24.3 Å². The van der Waals surface area contributed by atoms with Gasteiger partial charge in [-0.15, -0.1) is 11.6 Å². The maximum absolute atomic E-state index is 12.1. The third-order valence-electron chi connectivity index (χ3n) is 2.90. The Hall–Kier alpha value is -1.74. The Morgan fingerprint density at radius 2 is 2.00 bits per heavy atom. The highest BCUT2D eigenvalue weighted by molar-refractivity contribution is 6.18. The summed E-state index contributed by atoms with van der Waals surface area (Å²) < 4.78 is 0. The van der Waals surface area contributed by atoms with Crippen molar-refractivity contribution in [2.24, 2.45) is 0 Å². The summed E-state index contributed by atoms with van der Waals surface area (Å²) in [4.78, 5) is 13.6. The molecule has 3 nitrogen and oxygen atoms in total. The fraction of sp³-hybridized carbons (Fsp3) is 0.214. The van der Waals surface area contributed by atoms with Crippen LogP contribution >= 0.6 is 11.6 Å². The highest BCUT2D eigenvalue weighted by Crippen LogP contribution is 2.29. The van der Waals surface area contributed by atoms with Crippen LogP contribution in [0, 0.1) is 0 Å². The van der Waals surface area contributed by atoms with Crippen LogP contribution in [0.2, 0.25) is 0 Å². The first-order chi connectivity index (χ1) is 8.65. The number of carbonyl (C=O) groups excluding carboxylic acids is 1. The Morgan fingerprint density at radius 1 is 1.28 bits per heavy atom. The van der Waals surface area contributed by atoms with E-state index in [9.17, 15) is 9.90 Å². The minimum Gasteiger partial charge on any atom is -0.506 e. The number of benzene rings is 2. The van der Waals surface area contributed by atoms with Gasteiger partial charge in [-0.3, -0.25) is 4.79 Å². The Balaban J connectivity index is 2.46. The molecule has 0 aliphatic heterocycles. The topological polar surface area (TPSA) is 40.5 Å². The van der Waals surface area contributed by atoms with E-state index >= 15 is 0 Å². The molecule has 0 aliphatic carbocycles. The molecule has 0 unspecified atom stereocenters. The Morgan fingerprint density at radius 3 is 2.72 bits per heavy atom. The van der Waals surface area contributed by atoms with Crippen LogP contribution in [-0.2, 0) is 0 Å². The number of phenols is 1. The van der Waals surface area contributed by atoms with Crippen molar-refractivity contribution in [3.63, 3.8) is 0 Å². The van der Waals surface area contributed by atoms with E-state index in [2.05, 4.69) is 0 Å². The summed E-state index contributed by atoms with van der Waals surface area (Å²) >= 11 is 5.61. The lowest BCUT2D eigenvalue weighted by molar-refractivity contribution is 0.0800. The van der Waals surface area contributed by atoms with E-state index in [1.54, 1.807) is 19.2 Å². The minimum absolute atomic E-state index is 0.0273. The first kappa shape index (κ1) is 12.7. The van der Waals surface area contributed by atoms with E-state index in [0.717, 1.165) is 5.39 Å². The number of nitrogens with zero attached hydrogens (tertiary/aromatic N) is 1. The summed E-state index contributed by atoms with van der Waals surface area (Å²) in [5.41, 5.74) is 0.307. The zero-order chi connectivity index (χ0) is 13.1. The molecule has 0 spiro atoms. The van der Waals surface area contributed by atoms with Gasteiger partial charge in [0.2, 0.25) is 0 Å². The highest BCUT2D eigenvalue weighted by Gasteiger charge is 2.16. The molecule has 0 saturated heterocycles. The van der Waals surface area contributed by atoms with Crippen molar-refractivity contribution in [3.8, 4) is 5.75 Å². The molecule has 0 atom stereocenters. The van der Waals surface area contributed by atoms with Gasteiger partial charge in [-0.2, -0.15) is 0 Å². The Kier molecular flexibility index (Phi) is 3.72. The molecule has 0 aliphatic rings. The average molecular weight is 264 g/mol. The molecule has 0 aromatic heterocycles. The monoisotopic (exact) mass is 263 g/mol. The number of rotatable bonds is 3. The van der Waals surface area contributed by atoms with Gasteiger partial charge in [-0.25, -0.2) is 0 Å². The number of amides is 1. The van der Waals surface area contributed by atoms with Gasteiger partial charge in [0.25, 0.3) is 5.91 Å². The number of hydrogen-bond donors (Lipinski definition) is 1. The van der Waals surface area contributed by atoms with Gasteiger partial charge in [0.05, 0.1) is 5.56 Å². The van der Waals surface area contributed by atoms with Gasteiger partial charge in [-0.05, 0) is 11.5 Å². The molecule has 0 saturated carbocycles. The number of carbonyl (C=O) groups is 1. The van der Waals surface area contributed by atoms with Gasteiger partial charge in [0, 0.05) is 24.9 Å². The SMILES string of the molecule is CN(CCCl)C(=O)c1ccc2ccccc2c1O. The van der Waals surface area contributed by atoms with Gasteiger partial charge in [0.1, 0.15) is 5.75 Å². The highest BCUT2D eigenvalue weighted by atomic mass is 35.5. The molecule has 1 N–H and O–H groups in total. The van der Waals surface area contributed by atoms with Crippen molar-refractivity contribution < 1.29 is 9.90 Å². The summed E-state index contributed by atoms with van der Waals surface area (Å²) in [6.07, 6.45) is 0. The number of fused-ring (bicyclic) bond motifs is 1. The van der Waals surface area contributed by atoms with Crippen LogP contribution < -0.4 is 0 Å². The molecule has 2 aromatic rings.